The largest absolute Gasteiger partial charge is 0.519 e. The van der Waals surface area contributed by atoms with Gasteiger partial charge in [0.05, 0.1) is 17.3 Å². The molecule has 1 fully saturated rings. The van der Waals surface area contributed by atoms with Crippen LogP contribution in [0, 0.1) is 18.8 Å². The second kappa shape index (κ2) is 11.8. The average Bonchev–Trinajstić information content (AvgIpc) is 3.04. The number of ether oxygens (including phenoxy) is 2. The van der Waals surface area contributed by atoms with E-state index in [1.54, 1.807) is 13.8 Å². The van der Waals surface area contributed by atoms with Crippen LogP contribution in [-0.2, 0) is 25.7 Å². The van der Waals surface area contributed by atoms with Crippen molar-refractivity contribution in [2.24, 2.45) is 11.8 Å². The van der Waals surface area contributed by atoms with Gasteiger partial charge in [-0.2, -0.15) is 12.6 Å². The lowest BCUT2D eigenvalue weighted by atomic mass is 9.90. The fourth-order valence-electron chi connectivity index (χ4n) is 3.20. The lowest BCUT2D eigenvalue weighted by molar-refractivity contribution is -0.151. The number of hydrogen-bond donors (Lipinski definition) is 1. The molecule has 0 amide bonds. The van der Waals surface area contributed by atoms with E-state index in [-0.39, 0.29) is 36.1 Å². The van der Waals surface area contributed by atoms with Crippen molar-refractivity contribution in [2.75, 3.05) is 12.4 Å². The molecule has 1 aliphatic carbocycles. The van der Waals surface area contributed by atoms with Crippen molar-refractivity contribution in [1.29, 1.82) is 0 Å². The minimum Gasteiger partial charge on any atom is -0.465 e. The van der Waals surface area contributed by atoms with E-state index in [0.717, 1.165) is 37.4 Å². The number of carbonyl (C=O) groups is 3. The molecular weight excluding hydrogens is 444 g/mol. The van der Waals surface area contributed by atoms with Gasteiger partial charge in [0.1, 0.15) is 5.78 Å². The molecular formula is C21H30O8S2. The van der Waals surface area contributed by atoms with Crippen molar-refractivity contribution in [3.05, 3.63) is 22.1 Å². The van der Waals surface area contributed by atoms with E-state index in [1.165, 1.54) is 13.3 Å². The summed E-state index contributed by atoms with van der Waals surface area (Å²) in [5.41, 5.74) is 0. The molecule has 1 aromatic heterocycles. The summed E-state index contributed by atoms with van der Waals surface area (Å²) in [4.78, 5) is 48.2. The molecule has 0 radical (unpaired) electrons. The second-order valence-electron chi connectivity index (χ2n) is 8.30. The minimum absolute atomic E-state index is 0.0340. The molecule has 0 unspecified atom stereocenters. The molecule has 0 spiro atoms. The Hall–Kier alpha value is -1.68. The summed E-state index contributed by atoms with van der Waals surface area (Å²) in [5, 5.41) is -0.661. The van der Waals surface area contributed by atoms with Crippen molar-refractivity contribution in [3.63, 3.8) is 0 Å². The van der Waals surface area contributed by atoms with Crippen LogP contribution in [-0.4, -0.2) is 34.2 Å². The highest BCUT2D eigenvalue weighted by molar-refractivity contribution is 8.13. The van der Waals surface area contributed by atoms with Crippen LogP contribution in [0.2, 0.25) is 0 Å². The first-order chi connectivity index (χ1) is 14.6. The average molecular weight is 475 g/mol. The van der Waals surface area contributed by atoms with Gasteiger partial charge in [0.2, 0.25) is 0 Å². The summed E-state index contributed by atoms with van der Waals surface area (Å²) in [5.74, 6) is -1.62. The fraction of sp³-hybridized carbons (Fsp3) is 0.714. The number of ketones is 1. The number of Topliss-reactive ketones (excluding diaryl/α,β-unsaturated/α-hetero) is 1. The van der Waals surface area contributed by atoms with Gasteiger partial charge in [0, 0.05) is 12.2 Å². The molecule has 0 bridgehead atoms. The molecule has 1 aliphatic rings. The molecule has 31 heavy (non-hydrogen) atoms. The smallest absolute Gasteiger partial charge is 0.465 e. The molecule has 8 nitrogen and oxygen atoms in total. The summed E-state index contributed by atoms with van der Waals surface area (Å²) in [6.45, 7) is 4.91. The molecule has 0 N–H and O–H groups in total. The first kappa shape index (κ1) is 25.6. The normalized spacial score (nSPS) is 16.0. The Kier molecular flexibility index (Phi) is 9.74. The van der Waals surface area contributed by atoms with Crippen LogP contribution < -0.4 is 5.82 Å². The Balaban J connectivity index is 1.89. The van der Waals surface area contributed by atoms with Crippen LogP contribution >= 0.6 is 24.4 Å². The molecule has 1 saturated carbocycles. The Bertz CT molecular complexity index is 814. The second-order valence-corrected chi connectivity index (χ2v) is 10.4. The highest BCUT2D eigenvalue weighted by Crippen LogP contribution is 2.26. The van der Waals surface area contributed by atoms with Crippen LogP contribution in [0.3, 0.4) is 0 Å². The third kappa shape index (κ3) is 8.76. The van der Waals surface area contributed by atoms with Crippen molar-refractivity contribution >= 4 is 41.4 Å². The van der Waals surface area contributed by atoms with E-state index in [2.05, 4.69) is 12.6 Å². The summed E-state index contributed by atoms with van der Waals surface area (Å²) in [6.07, 6.45) is 5.47. The predicted molar refractivity (Wildman–Crippen MR) is 118 cm³/mol. The maximum absolute atomic E-state index is 12.7. The lowest BCUT2D eigenvalue weighted by Crippen LogP contribution is -2.32. The van der Waals surface area contributed by atoms with E-state index < -0.39 is 27.8 Å². The first-order valence-electron chi connectivity index (χ1n) is 10.4. The maximum atomic E-state index is 12.7. The maximum Gasteiger partial charge on any atom is 0.519 e. The van der Waals surface area contributed by atoms with E-state index in [9.17, 15) is 19.2 Å². The van der Waals surface area contributed by atoms with Crippen LogP contribution in [0.15, 0.2) is 13.6 Å². The van der Waals surface area contributed by atoms with E-state index in [0.29, 0.717) is 12.5 Å². The minimum atomic E-state index is -0.899. The molecule has 1 heterocycles. The van der Waals surface area contributed by atoms with Crippen molar-refractivity contribution in [3.8, 4) is 0 Å². The Morgan fingerprint density at radius 3 is 2.42 bits per heavy atom. The van der Waals surface area contributed by atoms with E-state index >= 15 is 0 Å². The van der Waals surface area contributed by atoms with Crippen molar-refractivity contribution in [1.82, 2.24) is 0 Å². The number of thiol groups is 1. The monoisotopic (exact) mass is 474 g/mol. The van der Waals surface area contributed by atoms with Gasteiger partial charge in [-0.05, 0) is 51.3 Å². The zero-order valence-electron chi connectivity index (χ0n) is 18.1. The number of aryl methyl sites for hydroxylation is 1. The zero-order valence-corrected chi connectivity index (χ0v) is 19.9. The predicted octanol–water partition coefficient (Wildman–Crippen LogP) is 4.32. The molecule has 0 aromatic carbocycles. The Labute approximate surface area is 191 Å². The van der Waals surface area contributed by atoms with Gasteiger partial charge in [-0.1, -0.05) is 19.3 Å². The third-order valence-corrected chi connectivity index (χ3v) is 6.36. The third-order valence-electron chi connectivity index (χ3n) is 5.19. The van der Waals surface area contributed by atoms with Crippen molar-refractivity contribution in [2.45, 2.75) is 70.7 Å². The Morgan fingerprint density at radius 1 is 1.16 bits per heavy atom. The number of carbonyl (C=O) groups excluding carboxylic acids is 3. The van der Waals surface area contributed by atoms with Crippen LogP contribution in [0.25, 0.3) is 0 Å². The van der Waals surface area contributed by atoms with Crippen LogP contribution in [0.5, 0.6) is 0 Å². The molecule has 0 aliphatic heterocycles. The van der Waals surface area contributed by atoms with Gasteiger partial charge in [-0.3, -0.25) is 9.59 Å². The summed E-state index contributed by atoms with van der Waals surface area (Å²) in [7, 11) is 0. The van der Waals surface area contributed by atoms with Gasteiger partial charge in [-0.15, -0.1) is 0 Å². The zero-order chi connectivity index (χ0) is 23.0. The molecule has 0 saturated heterocycles. The van der Waals surface area contributed by atoms with Gasteiger partial charge in [0.15, 0.2) is 18.1 Å². The number of esters is 1. The van der Waals surface area contributed by atoms with Gasteiger partial charge in [-0.25, -0.2) is 9.59 Å². The summed E-state index contributed by atoms with van der Waals surface area (Å²) < 4.78 is 19.1. The molecule has 2 rings (SSSR count). The van der Waals surface area contributed by atoms with E-state index in [4.69, 9.17) is 18.3 Å². The van der Waals surface area contributed by atoms with Gasteiger partial charge >= 0.3 is 17.1 Å². The highest BCUT2D eigenvalue weighted by atomic mass is 32.2. The fourth-order valence-corrected chi connectivity index (χ4v) is 4.02. The standard InChI is InChI=1S/C21H30O8S2/c1-13-16(29-19(24)28-13)11-27-20(25)31-12-15(9-17(22)21(2,3)30)18(23)26-10-14-7-5-4-6-8-14/h14-15,30H,4-12H2,1-3H3/t15-/m0/s1. The Morgan fingerprint density at radius 2 is 1.84 bits per heavy atom. The molecule has 174 valence electrons. The number of rotatable bonds is 10. The highest BCUT2D eigenvalue weighted by Gasteiger charge is 2.31. The number of hydrogen-bond acceptors (Lipinski definition) is 10. The van der Waals surface area contributed by atoms with Gasteiger partial charge in [0.25, 0.3) is 0 Å². The molecule has 1 aromatic rings. The van der Waals surface area contributed by atoms with Gasteiger partial charge < -0.3 is 18.3 Å². The van der Waals surface area contributed by atoms with Crippen LogP contribution in [0.4, 0.5) is 4.79 Å². The SMILES string of the molecule is Cc1oc(=O)oc1COC(=O)SC[C@H](CC(=O)C(C)(C)S)C(=O)OCC1CCCCC1. The quantitative estimate of drug-likeness (QED) is 0.391. The summed E-state index contributed by atoms with van der Waals surface area (Å²) >= 11 is 5.05. The first-order valence-corrected chi connectivity index (χ1v) is 11.8. The molecule has 1 atom stereocenters. The topological polar surface area (TPSA) is 113 Å². The van der Waals surface area contributed by atoms with E-state index in [1.807, 2.05) is 0 Å². The summed E-state index contributed by atoms with van der Waals surface area (Å²) in [6, 6.07) is 0. The van der Waals surface area contributed by atoms with Crippen LogP contribution in [0.1, 0.15) is 63.9 Å². The van der Waals surface area contributed by atoms with Crippen molar-refractivity contribution < 1.29 is 32.7 Å². The lowest BCUT2D eigenvalue weighted by Gasteiger charge is -2.23. The molecule has 10 heteroatoms. The number of thioether (sulfide) groups is 1.